The molecule has 0 aliphatic carbocycles. The molecule has 24 heavy (non-hydrogen) atoms. The average Bonchev–Trinajstić information content (AvgIpc) is 2.44. The first-order valence-corrected chi connectivity index (χ1v) is 8.56. The van der Waals surface area contributed by atoms with Crippen LogP contribution >= 0.6 is 11.6 Å². The summed E-state index contributed by atoms with van der Waals surface area (Å²) < 4.78 is 0. The largest absolute Gasteiger partial charge is 0.350 e. The Labute approximate surface area is 149 Å². The molecular formula is C18H28ClN3O2. The van der Waals surface area contributed by atoms with Crippen LogP contribution in [0, 0.1) is 0 Å². The fourth-order valence-corrected chi connectivity index (χ4v) is 2.49. The zero-order valence-corrected chi connectivity index (χ0v) is 15.9. The number of carbonyl (C=O) groups excluding carboxylic acids is 2. The highest BCUT2D eigenvalue weighted by atomic mass is 35.5. The highest BCUT2D eigenvalue weighted by Crippen LogP contribution is 2.17. The maximum absolute atomic E-state index is 12.2. The molecule has 0 fully saturated rings. The first-order valence-electron chi connectivity index (χ1n) is 8.19. The van der Waals surface area contributed by atoms with Gasteiger partial charge in [0.25, 0.3) is 0 Å². The molecule has 1 aromatic rings. The van der Waals surface area contributed by atoms with Crippen molar-refractivity contribution in [3.63, 3.8) is 0 Å². The molecule has 0 spiro atoms. The molecule has 5 nitrogen and oxygen atoms in total. The molecule has 0 aromatic heterocycles. The molecule has 0 heterocycles. The Bertz CT molecular complexity index is 570. The lowest BCUT2D eigenvalue weighted by Gasteiger charge is -2.25. The topological polar surface area (TPSA) is 61.4 Å². The minimum atomic E-state index is -0.278. The van der Waals surface area contributed by atoms with Crippen molar-refractivity contribution in [1.29, 1.82) is 0 Å². The molecule has 0 radical (unpaired) electrons. The highest BCUT2D eigenvalue weighted by molar-refractivity contribution is 6.30. The van der Waals surface area contributed by atoms with Crippen molar-refractivity contribution < 1.29 is 9.59 Å². The third kappa shape index (κ3) is 7.79. The summed E-state index contributed by atoms with van der Waals surface area (Å²) in [4.78, 5) is 26.0. The van der Waals surface area contributed by atoms with Gasteiger partial charge in [0.2, 0.25) is 11.8 Å². The van der Waals surface area contributed by atoms with E-state index in [9.17, 15) is 9.59 Å². The number of rotatable bonds is 7. The van der Waals surface area contributed by atoms with E-state index in [-0.39, 0.29) is 36.5 Å². The van der Waals surface area contributed by atoms with Crippen LogP contribution in [-0.4, -0.2) is 41.9 Å². The van der Waals surface area contributed by atoms with Crippen LogP contribution < -0.4 is 10.6 Å². The summed E-state index contributed by atoms with van der Waals surface area (Å²) in [5.74, 6) is -0.201. The number of likely N-dealkylation sites (N-methyl/N-ethyl adjacent to an activating group) is 1. The van der Waals surface area contributed by atoms with Gasteiger partial charge in [0.05, 0.1) is 19.1 Å². The predicted octanol–water partition coefficient (Wildman–Crippen LogP) is 2.75. The number of amides is 2. The molecule has 0 saturated heterocycles. The maximum Gasteiger partial charge on any atom is 0.234 e. The van der Waals surface area contributed by atoms with Gasteiger partial charge in [-0.15, -0.1) is 0 Å². The number of benzene rings is 1. The summed E-state index contributed by atoms with van der Waals surface area (Å²) >= 11 is 5.98. The van der Waals surface area contributed by atoms with Gasteiger partial charge in [0, 0.05) is 10.6 Å². The summed E-state index contributed by atoms with van der Waals surface area (Å²) in [6.45, 7) is 10.6. The number of hydrogen-bond donors (Lipinski definition) is 2. The minimum absolute atomic E-state index is 0.0833. The van der Waals surface area contributed by atoms with Crippen molar-refractivity contribution in [1.82, 2.24) is 15.5 Å². The van der Waals surface area contributed by atoms with Gasteiger partial charge in [0.15, 0.2) is 0 Å². The van der Waals surface area contributed by atoms with E-state index in [0.717, 1.165) is 5.56 Å². The number of nitrogens with one attached hydrogen (secondary N) is 2. The summed E-state index contributed by atoms with van der Waals surface area (Å²) in [5, 5.41) is 6.48. The summed E-state index contributed by atoms with van der Waals surface area (Å²) in [7, 11) is 0. The summed E-state index contributed by atoms with van der Waals surface area (Å²) in [6.07, 6.45) is 0. The van der Waals surface area contributed by atoms with E-state index in [1.165, 1.54) is 0 Å². The van der Waals surface area contributed by atoms with Crippen molar-refractivity contribution in [2.45, 2.75) is 46.2 Å². The van der Waals surface area contributed by atoms with Crippen LogP contribution in [0.2, 0.25) is 5.02 Å². The monoisotopic (exact) mass is 353 g/mol. The van der Waals surface area contributed by atoms with E-state index in [1.54, 1.807) is 11.0 Å². The van der Waals surface area contributed by atoms with E-state index in [4.69, 9.17) is 11.6 Å². The van der Waals surface area contributed by atoms with E-state index in [1.807, 2.05) is 52.8 Å². The molecule has 2 N–H and O–H groups in total. The molecule has 0 saturated carbocycles. The number of halogens is 1. The van der Waals surface area contributed by atoms with Crippen molar-refractivity contribution in [2.24, 2.45) is 0 Å². The molecule has 2 amide bonds. The minimum Gasteiger partial charge on any atom is -0.350 e. The van der Waals surface area contributed by atoms with Crippen LogP contribution in [0.3, 0.4) is 0 Å². The van der Waals surface area contributed by atoms with E-state index in [2.05, 4.69) is 10.6 Å². The van der Waals surface area contributed by atoms with Crippen LogP contribution in [0.25, 0.3) is 0 Å². The van der Waals surface area contributed by atoms with Crippen molar-refractivity contribution >= 4 is 23.4 Å². The van der Waals surface area contributed by atoms with Gasteiger partial charge in [-0.25, -0.2) is 0 Å². The number of hydrogen-bond acceptors (Lipinski definition) is 3. The van der Waals surface area contributed by atoms with Gasteiger partial charge in [0.1, 0.15) is 0 Å². The molecule has 0 unspecified atom stereocenters. The Hall–Kier alpha value is -1.59. The zero-order chi connectivity index (χ0) is 18.3. The van der Waals surface area contributed by atoms with E-state index >= 15 is 0 Å². The molecular weight excluding hydrogens is 326 g/mol. The Kier molecular flexibility index (Phi) is 7.70. The maximum atomic E-state index is 12.2. The van der Waals surface area contributed by atoms with E-state index < -0.39 is 0 Å². The molecule has 0 aliphatic rings. The van der Waals surface area contributed by atoms with Gasteiger partial charge in [-0.2, -0.15) is 0 Å². The Balaban J connectivity index is 2.53. The predicted molar refractivity (Wildman–Crippen MR) is 98.0 cm³/mol. The molecule has 1 rings (SSSR count). The number of nitrogens with zero attached hydrogens (tertiary/aromatic N) is 1. The van der Waals surface area contributed by atoms with Gasteiger partial charge < -0.3 is 10.6 Å². The molecule has 1 atom stereocenters. The Morgan fingerprint density at radius 1 is 1.21 bits per heavy atom. The smallest absolute Gasteiger partial charge is 0.234 e. The van der Waals surface area contributed by atoms with Gasteiger partial charge >= 0.3 is 0 Å². The zero-order valence-electron chi connectivity index (χ0n) is 15.1. The SMILES string of the molecule is CCN(CC(=O)N[C@@H](C)c1cccc(Cl)c1)CC(=O)NC(C)(C)C. The molecule has 6 heteroatoms. The van der Waals surface area contributed by atoms with E-state index in [0.29, 0.717) is 11.6 Å². The molecule has 0 aliphatic heterocycles. The van der Waals surface area contributed by atoms with Crippen molar-refractivity contribution in [2.75, 3.05) is 19.6 Å². The summed E-state index contributed by atoms with van der Waals surface area (Å²) in [5.41, 5.74) is 0.671. The lowest BCUT2D eigenvalue weighted by molar-refractivity contribution is -0.126. The van der Waals surface area contributed by atoms with Crippen LogP contribution in [-0.2, 0) is 9.59 Å². The fourth-order valence-electron chi connectivity index (χ4n) is 2.29. The average molecular weight is 354 g/mol. The van der Waals surface area contributed by atoms with Crippen LogP contribution in [0.1, 0.15) is 46.2 Å². The van der Waals surface area contributed by atoms with Crippen molar-refractivity contribution in [3.8, 4) is 0 Å². The summed E-state index contributed by atoms with van der Waals surface area (Å²) in [6, 6.07) is 7.27. The second-order valence-electron chi connectivity index (χ2n) is 6.95. The van der Waals surface area contributed by atoms with Gasteiger partial charge in [-0.3, -0.25) is 14.5 Å². The lowest BCUT2D eigenvalue weighted by Crippen LogP contribution is -2.48. The van der Waals surface area contributed by atoms with Crippen LogP contribution in [0.5, 0.6) is 0 Å². The fraction of sp³-hybridized carbons (Fsp3) is 0.556. The molecule has 134 valence electrons. The first kappa shape index (κ1) is 20.5. The first-order chi connectivity index (χ1) is 11.1. The van der Waals surface area contributed by atoms with Gasteiger partial charge in [-0.1, -0.05) is 30.7 Å². The second kappa shape index (κ2) is 9.04. The van der Waals surface area contributed by atoms with Crippen LogP contribution in [0.4, 0.5) is 0 Å². The third-order valence-corrected chi connectivity index (χ3v) is 3.66. The Morgan fingerprint density at radius 3 is 2.38 bits per heavy atom. The molecule has 1 aromatic carbocycles. The van der Waals surface area contributed by atoms with Crippen LogP contribution in [0.15, 0.2) is 24.3 Å². The third-order valence-electron chi connectivity index (χ3n) is 3.42. The number of carbonyl (C=O) groups is 2. The highest BCUT2D eigenvalue weighted by Gasteiger charge is 2.18. The lowest BCUT2D eigenvalue weighted by atomic mass is 10.1. The van der Waals surface area contributed by atoms with Crippen molar-refractivity contribution in [3.05, 3.63) is 34.9 Å². The standard InChI is InChI=1S/C18H28ClN3O2/c1-6-22(12-17(24)21-18(3,4)5)11-16(23)20-13(2)14-8-7-9-15(19)10-14/h7-10,13H,6,11-12H2,1-5H3,(H,20,23)(H,21,24)/t13-/m0/s1. The molecule has 0 bridgehead atoms. The normalized spacial score (nSPS) is 12.8. The second-order valence-corrected chi connectivity index (χ2v) is 7.38. The quantitative estimate of drug-likeness (QED) is 0.792. The van der Waals surface area contributed by atoms with Gasteiger partial charge in [-0.05, 0) is 51.9 Å². The Morgan fingerprint density at radius 2 is 1.83 bits per heavy atom.